The van der Waals surface area contributed by atoms with Gasteiger partial charge in [-0.25, -0.2) is 5.06 Å². The number of benzene rings is 2. The average Bonchev–Trinajstić information content (AvgIpc) is 2.40. The van der Waals surface area contributed by atoms with E-state index in [-0.39, 0.29) is 0 Å². The fraction of sp³-hybridized carbons (Fsp3) is 0.0714. The van der Waals surface area contributed by atoms with Crippen molar-refractivity contribution in [3.8, 4) is 0 Å². The second kappa shape index (κ2) is 5.70. The first-order chi connectivity index (χ1) is 8.40. The van der Waals surface area contributed by atoms with E-state index in [1.165, 1.54) is 0 Å². The van der Waals surface area contributed by atoms with Crippen LogP contribution in [0.3, 0.4) is 0 Å². The largest absolute Gasteiger partial charge is 0.344 e. The molecular formula is C14H13NO2. The number of nitrogens with zero attached hydrogens (tertiary/aromatic N) is 1. The highest BCUT2D eigenvalue weighted by atomic mass is 16.7. The molecule has 86 valence electrons. The third-order valence-corrected chi connectivity index (χ3v) is 2.38. The highest BCUT2D eigenvalue weighted by Crippen LogP contribution is 2.16. The molecule has 2 rings (SSSR count). The minimum atomic E-state index is 0.440. The van der Waals surface area contributed by atoms with Crippen LogP contribution in [-0.2, 0) is 16.2 Å². The maximum Gasteiger partial charge on any atom is 0.320 e. The Balaban J connectivity index is 2.16. The molecule has 0 aromatic heterocycles. The lowest BCUT2D eigenvalue weighted by Gasteiger charge is -2.20. The predicted octanol–water partition coefficient (Wildman–Crippen LogP) is 2.78. The lowest BCUT2D eigenvalue weighted by Crippen LogP contribution is -2.22. The minimum Gasteiger partial charge on any atom is -0.344 e. The van der Waals surface area contributed by atoms with Gasteiger partial charge in [0.2, 0.25) is 0 Å². The molecule has 3 heteroatoms. The lowest BCUT2D eigenvalue weighted by molar-refractivity contribution is -0.130. The van der Waals surface area contributed by atoms with E-state index in [2.05, 4.69) is 0 Å². The molecule has 0 N–H and O–H groups in total. The summed E-state index contributed by atoms with van der Waals surface area (Å²) >= 11 is 0. The Hall–Kier alpha value is -2.29. The van der Waals surface area contributed by atoms with E-state index in [9.17, 15) is 4.79 Å². The Morgan fingerprint density at radius 3 is 2.12 bits per heavy atom. The first-order valence-corrected chi connectivity index (χ1v) is 5.37. The van der Waals surface area contributed by atoms with Crippen molar-refractivity contribution in [2.45, 2.75) is 6.54 Å². The van der Waals surface area contributed by atoms with Gasteiger partial charge in [0.05, 0.1) is 12.2 Å². The lowest BCUT2D eigenvalue weighted by atomic mass is 10.2. The minimum absolute atomic E-state index is 0.440. The summed E-state index contributed by atoms with van der Waals surface area (Å²) in [5.41, 5.74) is 1.93. The first-order valence-electron chi connectivity index (χ1n) is 5.37. The summed E-state index contributed by atoms with van der Waals surface area (Å²) in [6, 6.07) is 19.4. The number of hydrogen-bond acceptors (Lipinski definition) is 3. The van der Waals surface area contributed by atoms with Crippen LogP contribution >= 0.6 is 0 Å². The molecule has 0 amide bonds. The summed E-state index contributed by atoms with van der Waals surface area (Å²) in [5, 5.41) is 1.56. The van der Waals surface area contributed by atoms with E-state index in [0.29, 0.717) is 13.0 Å². The molecule has 0 saturated heterocycles. The fourth-order valence-electron chi connectivity index (χ4n) is 1.58. The number of anilines is 1. The van der Waals surface area contributed by atoms with Crippen molar-refractivity contribution >= 4 is 12.2 Å². The zero-order valence-corrected chi connectivity index (χ0v) is 9.32. The van der Waals surface area contributed by atoms with Gasteiger partial charge in [-0.1, -0.05) is 48.5 Å². The van der Waals surface area contributed by atoms with Gasteiger partial charge < -0.3 is 4.84 Å². The van der Waals surface area contributed by atoms with Crippen molar-refractivity contribution in [1.82, 2.24) is 0 Å². The topological polar surface area (TPSA) is 29.5 Å². The molecule has 0 aliphatic carbocycles. The standard InChI is InChI=1S/C14H13NO2/c16-12-17-15(14-9-5-2-6-10-14)11-13-7-3-1-4-8-13/h1-10,12H,11H2. The summed E-state index contributed by atoms with van der Waals surface area (Å²) in [6.07, 6.45) is 0. The zero-order chi connectivity index (χ0) is 11.9. The molecule has 17 heavy (non-hydrogen) atoms. The van der Waals surface area contributed by atoms with Crippen molar-refractivity contribution in [3.05, 3.63) is 66.2 Å². The normalized spacial score (nSPS) is 9.65. The van der Waals surface area contributed by atoms with Gasteiger partial charge in [0, 0.05) is 0 Å². The van der Waals surface area contributed by atoms with Gasteiger partial charge in [-0.3, -0.25) is 4.79 Å². The van der Waals surface area contributed by atoms with Gasteiger partial charge in [0.15, 0.2) is 0 Å². The summed E-state index contributed by atoms with van der Waals surface area (Å²) in [4.78, 5) is 15.5. The fourth-order valence-corrected chi connectivity index (χ4v) is 1.58. The Kier molecular flexibility index (Phi) is 3.76. The summed E-state index contributed by atoms with van der Waals surface area (Å²) in [6.45, 7) is 0.972. The van der Waals surface area contributed by atoms with Gasteiger partial charge in [-0.15, -0.1) is 0 Å². The Morgan fingerprint density at radius 2 is 1.53 bits per heavy atom. The maximum absolute atomic E-state index is 10.5. The van der Waals surface area contributed by atoms with Gasteiger partial charge >= 0.3 is 6.47 Å². The molecule has 0 bridgehead atoms. The molecular weight excluding hydrogens is 214 g/mol. The van der Waals surface area contributed by atoms with Crippen LogP contribution in [0.4, 0.5) is 5.69 Å². The molecule has 0 unspecified atom stereocenters. The smallest absolute Gasteiger partial charge is 0.320 e. The molecule has 2 aromatic carbocycles. The molecule has 0 radical (unpaired) electrons. The summed E-state index contributed by atoms with van der Waals surface area (Å²) in [7, 11) is 0. The van der Waals surface area contributed by atoms with Gasteiger partial charge in [0.1, 0.15) is 0 Å². The number of hydrogen-bond donors (Lipinski definition) is 0. The summed E-state index contributed by atoms with van der Waals surface area (Å²) < 4.78 is 0. The monoisotopic (exact) mass is 227 g/mol. The van der Waals surface area contributed by atoms with E-state index in [1.54, 1.807) is 5.06 Å². The molecule has 0 heterocycles. The quantitative estimate of drug-likeness (QED) is 0.581. The van der Waals surface area contributed by atoms with E-state index in [4.69, 9.17) is 4.84 Å². The van der Waals surface area contributed by atoms with Crippen LogP contribution < -0.4 is 5.06 Å². The summed E-state index contributed by atoms with van der Waals surface area (Å²) in [5.74, 6) is 0. The van der Waals surface area contributed by atoms with Crippen LogP contribution in [0.25, 0.3) is 0 Å². The van der Waals surface area contributed by atoms with Gasteiger partial charge in [-0.05, 0) is 17.7 Å². The van der Waals surface area contributed by atoms with Crippen LogP contribution in [0.2, 0.25) is 0 Å². The third kappa shape index (κ3) is 3.08. The molecule has 0 saturated carbocycles. The molecule has 0 aliphatic heterocycles. The highest BCUT2D eigenvalue weighted by Gasteiger charge is 2.07. The van der Waals surface area contributed by atoms with E-state index in [1.807, 2.05) is 60.7 Å². The second-order valence-corrected chi connectivity index (χ2v) is 3.56. The molecule has 0 spiro atoms. The molecule has 0 atom stereocenters. The molecule has 0 fully saturated rings. The van der Waals surface area contributed by atoms with E-state index >= 15 is 0 Å². The van der Waals surface area contributed by atoms with Crippen LogP contribution in [0.15, 0.2) is 60.7 Å². The van der Waals surface area contributed by atoms with Crippen LogP contribution in [0.5, 0.6) is 0 Å². The van der Waals surface area contributed by atoms with Gasteiger partial charge in [-0.2, -0.15) is 0 Å². The van der Waals surface area contributed by atoms with Crippen molar-refractivity contribution in [3.63, 3.8) is 0 Å². The molecule has 3 nitrogen and oxygen atoms in total. The first kappa shape index (κ1) is 11.2. The molecule has 0 aliphatic rings. The van der Waals surface area contributed by atoms with Gasteiger partial charge in [0.25, 0.3) is 0 Å². The number of carbonyl (C=O) groups is 1. The number of para-hydroxylation sites is 1. The van der Waals surface area contributed by atoms with Crippen molar-refractivity contribution in [1.29, 1.82) is 0 Å². The highest BCUT2D eigenvalue weighted by molar-refractivity contribution is 5.48. The third-order valence-electron chi connectivity index (χ3n) is 2.38. The van der Waals surface area contributed by atoms with E-state index in [0.717, 1.165) is 11.3 Å². The SMILES string of the molecule is O=CON(Cc1ccccc1)c1ccccc1. The van der Waals surface area contributed by atoms with Crippen molar-refractivity contribution < 1.29 is 9.63 Å². The van der Waals surface area contributed by atoms with Crippen LogP contribution in [0.1, 0.15) is 5.56 Å². The zero-order valence-electron chi connectivity index (χ0n) is 9.32. The van der Waals surface area contributed by atoms with E-state index < -0.39 is 0 Å². The second-order valence-electron chi connectivity index (χ2n) is 3.56. The van der Waals surface area contributed by atoms with Crippen LogP contribution in [-0.4, -0.2) is 6.47 Å². The van der Waals surface area contributed by atoms with Crippen LogP contribution in [0, 0.1) is 0 Å². The average molecular weight is 227 g/mol. The van der Waals surface area contributed by atoms with Crippen molar-refractivity contribution in [2.24, 2.45) is 0 Å². The number of carbonyl (C=O) groups excluding carboxylic acids is 1. The number of hydroxylamine groups is 1. The maximum atomic E-state index is 10.5. The molecule has 2 aromatic rings. The Morgan fingerprint density at radius 1 is 0.941 bits per heavy atom. The number of rotatable bonds is 5. The Labute approximate surface area is 100 Å². The van der Waals surface area contributed by atoms with Crippen molar-refractivity contribution in [2.75, 3.05) is 5.06 Å². The Bertz CT molecular complexity index is 456. The predicted molar refractivity (Wildman–Crippen MR) is 66.2 cm³/mol.